The van der Waals surface area contributed by atoms with Gasteiger partial charge in [0.05, 0.1) is 5.33 Å². The van der Waals surface area contributed by atoms with E-state index in [1.165, 1.54) is 5.56 Å². The minimum atomic E-state index is 0.217. The first-order chi connectivity index (χ1) is 6.67. The largest absolute Gasteiger partial charge is 0.298 e. The number of carbonyl (C=O) groups excluding carboxylic acids is 1. The number of rotatable bonds is 4. The summed E-state index contributed by atoms with van der Waals surface area (Å²) in [6.45, 7) is 2.11. The first-order valence-corrected chi connectivity index (χ1v) is 6.43. The number of carbonyl (C=O) groups is 1. The summed E-state index contributed by atoms with van der Waals surface area (Å²) in [5.74, 6) is 0.217. The van der Waals surface area contributed by atoms with Crippen molar-refractivity contribution in [2.75, 3.05) is 5.33 Å². The van der Waals surface area contributed by atoms with Crippen molar-refractivity contribution in [3.63, 3.8) is 0 Å². The highest BCUT2D eigenvalue weighted by Crippen LogP contribution is 2.19. The van der Waals surface area contributed by atoms with Crippen molar-refractivity contribution in [1.82, 2.24) is 0 Å². The number of Topliss-reactive ketones (excluding diaryl/α,β-unsaturated/α-hetero) is 1. The van der Waals surface area contributed by atoms with E-state index in [1.807, 2.05) is 12.1 Å². The Kier molecular flexibility index (Phi) is 4.82. The maximum atomic E-state index is 11.2. The minimum absolute atomic E-state index is 0.217. The number of benzene rings is 1. The topological polar surface area (TPSA) is 17.1 Å². The van der Waals surface area contributed by atoms with Crippen LogP contribution in [-0.2, 0) is 17.6 Å². The van der Waals surface area contributed by atoms with Crippen LogP contribution in [0.15, 0.2) is 22.7 Å². The van der Waals surface area contributed by atoms with E-state index >= 15 is 0 Å². The highest BCUT2D eigenvalue weighted by molar-refractivity contribution is 9.10. The fourth-order valence-electron chi connectivity index (χ4n) is 1.28. The molecule has 0 aliphatic carbocycles. The van der Waals surface area contributed by atoms with Crippen molar-refractivity contribution < 1.29 is 4.79 Å². The quantitative estimate of drug-likeness (QED) is 0.776. The van der Waals surface area contributed by atoms with E-state index in [4.69, 9.17) is 0 Å². The van der Waals surface area contributed by atoms with Gasteiger partial charge in [-0.2, -0.15) is 0 Å². The van der Waals surface area contributed by atoms with E-state index in [0.717, 1.165) is 16.5 Å². The molecule has 0 N–H and O–H groups in total. The summed E-state index contributed by atoms with van der Waals surface area (Å²) in [5, 5.41) is 0.435. The van der Waals surface area contributed by atoms with Gasteiger partial charge in [-0.05, 0) is 23.6 Å². The number of aryl methyl sites for hydroxylation is 1. The zero-order valence-electron chi connectivity index (χ0n) is 8.02. The number of halogens is 2. The highest BCUT2D eigenvalue weighted by atomic mass is 79.9. The average Bonchev–Trinajstić information content (AvgIpc) is 2.20. The molecule has 0 saturated carbocycles. The van der Waals surface area contributed by atoms with Crippen LogP contribution in [0.4, 0.5) is 0 Å². The van der Waals surface area contributed by atoms with Gasteiger partial charge in [0, 0.05) is 10.9 Å². The van der Waals surface area contributed by atoms with Crippen LogP contribution in [-0.4, -0.2) is 11.1 Å². The van der Waals surface area contributed by atoms with E-state index in [9.17, 15) is 4.79 Å². The predicted molar refractivity (Wildman–Crippen MR) is 66.0 cm³/mol. The molecule has 1 aromatic carbocycles. The molecule has 1 aromatic rings. The van der Waals surface area contributed by atoms with Gasteiger partial charge < -0.3 is 0 Å². The summed E-state index contributed by atoms with van der Waals surface area (Å²) >= 11 is 6.64. The molecule has 0 unspecified atom stereocenters. The van der Waals surface area contributed by atoms with E-state index in [2.05, 4.69) is 44.8 Å². The lowest BCUT2D eigenvalue weighted by molar-refractivity contribution is -0.115. The van der Waals surface area contributed by atoms with Gasteiger partial charge in [-0.15, -0.1) is 0 Å². The molecule has 0 amide bonds. The molecule has 1 rings (SSSR count). The van der Waals surface area contributed by atoms with Gasteiger partial charge in [0.1, 0.15) is 5.78 Å². The second-order valence-corrected chi connectivity index (χ2v) is 4.54. The van der Waals surface area contributed by atoms with E-state index in [0.29, 0.717) is 11.8 Å². The maximum Gasteiger partial charge on any atom is 0.147 e. The van der Waals surface area contributed by atoms with Crippen molar-refractivity contribution >= 4 is 37.6 Å². The zero-order valence-corrected chi connectivity index (χ0v) is 11.2. The van der Waals surface area contributed by atoms with E-state index < -0.39 is 0 Å². The van der Waals surface area contributed by atoms with E-state index in [-0.39, 0.29) is 5.78 Å². The van der Waals surface area contributed by atoms with Gasteiger partial charge in [0.25, 0.3) is 0 Å². The Morgan fingerprint density at radius 3 is 2.71 bits per heavy atom. The van der Waals surface area contributed by atoms with Crippen LogP contribution >= 0.6 is 31.9 Å². The smallest absolute Gasteiger partial charge is 0.147 e. The second kappa shape index (κ2) is 5.66. The molecule has 0 spiro atoms. The molecule has 0 aliphatic rings. The monoisotopic (exact) mass is 318 g/mol. The summed E-state index contributed by atoms with van der Waals surface area (Å²) in [6, 6.07) is 6.09. The standard InChI is InChI=1S/C11H12Br2O/c1-2-9-5-8(3-4-11(9)13)6-10(14)7-12/h3-5H,2,6-7H2,1H3. The number of hydrogen-bond donors (Lipinski definition) is 0. The summed E-state index contributed by atoms with van der Waals surface area (Å²) in [4.78, 5) is 11.2. The number of ketones is 1. The molecule has 0 aromatic heterocycles. The Balaban J connectivity index is 2.84. The molecule has 0 saturated heterocycles. The number of hydrogen-bond acceptors (Lipinski definition) is 1. The van der Waals surface area contributed by atoms with Crippen molar-refractivity contribution in [2.24, 2.45) is 0 Å². The first-order valence-electron chi connectivity index (χ1n) is 4.52. The average molecular weight is 320 g/mol. The summed E-state index contributed by atoms with van der Waals surface area (Å²) in [5.41, 5.74) is 2.35. The lowest BCUT2D eigenvalue weighted by Gasteiger charge is -2.04. The summed E-state index contributed by atoms with van der Waals surface area (Å²) in [6.07, 6.45) is 1.50. The van der Waals surface area contributed by atoms with Crippen molar-refractivity contribution in [2.45, 2.75) is 19.8 Å². The maximum absolute atomic E-state index is 11.2. The normalized spacial score (nSPS) is 10.2. The third-order valence-electron chi connectivity index (χ3n) is 2.04. The number of alkyl halides is 1. The van der Waals surface area contributed by atoms with Crippen LogP contribution in [0, 0.1) is 0 Å². The Bertz CT molecular complexity index is 334. The van der Waals surface area contributed by atoms with Crippen LogP contribution in [0.1, 0.15) is 18.1 Å². The predicted octanol–water partition coefficient (Wildman–Crippen LogP) is 3.52. The van der Waals surface area contributed by atoms with Gasteiger partial charge in [0.2, 0.25) is 0 Å². The molecule has 14 heavy (non-hydrogen) atoms. The lowest BCUT2D eigenvalue weighted by atomic mass is 10.1. The third kappa shape index (κ3) is 3.21. The van der Waals surface area contributed by atoms with Gasteiger partial charge in [-0.1, -0.05) is 50.9 Å². The SMILES string of the molecule is CCc1cc(CC(=O)CBr)ccc1Br. The van der Waals surface area contributed by atoms with Crippen LogP contribution in [0.5, 0.6) is 0 Å². The Hall–Kier alpha value is -0.150. The van der Waals surface area contributed by atoms with Crippen molar-refractivity contribution in [1.29, 1.82) is 0 Å². The molecular formula is C11H12Br2O. The Morgan fingerprint density at radius 2 is 2.14 bits per heavy atom. The minimum Gasteiger partial charge on any atom is -0.298 e. The third-order valence-corrected chi connectivity index (χ3v) is 3.44. The van der Waals surface area contributed by atoms with Crippen LogP contribution in [0.25, 0.3) is 0 Å². The fraction of sp³-hybridized carbons (Fsp3) is 0.364. The molecule has 1 nitrogen and oxygen atoms in total. The molecule has 76 valence electrons. The zero-order chi connectivity index (χ0) is 10.6. The van der Waals surface area contributed by atoms with Crippen molar-refractivity contribution in [3.8, 4) is 0 Å². The molecule has 0 heterocycles. The molecular weight excluding hydrogens is 308 g/mol. The second-order valence-electron chi connectivity index (χ2n) is 3.13. The van der Waals surface area contributed by atoms with Gasteiger partial charge in [-0.25, -0.2) is 0 Å². The van der Waals surface area contributed by atoms with Crippen LogP contribution in [0.2, 0.25) is 0 Å². The van der Waals surface area contributed by atoms with Gasteiger partial charge in [-0.3, -0.25) is 4.79 Å². The van der Waals surface area contributed by atoms with Crippen molar-refractivity contribution in [3.05, 3.63) is 33.8 Å². The highest BCUT2D eigenvalue weighted by Gasteiger charge is 2.04. The van der Waals surface area contributed by atoms with Gasteiger partial charge in [0.15, 0.2) is 0 Å². The molecule has 0 bridgehead atoms. The van der Waals surface area contributed by atoms with E-state index in [1.54, 1.807) is 0 Å². The molecule has 0 aliphatic heterocycles. The van der Waals surface area contributed by atoms with Crippen LogP contribution < -0.4 is 0 Å². The molecule has 0 atom stereocenters. The lowest BCUT2D eigenvalue weighted by Crippen LogP contribution is -2.03. The van der Waals surface area contributed by atoms with Gasteiger partial charge >= 0.3 is 0 Å². The Morgan fingerprint density at radius 1 is 1.43 bits per heavy atom. The summed E-state index contributed by atoms with van der Waals surface area (Å²) in [7, 11) is 0. The molecule has 3 heteroatoms. The molecule has 0 fully saturated rings. The fourth-order valence-corrected chi connectivity index (χ4v) is 2.01. The molecule has 0 radical (unpaired) electrons. The Labute approximate surface area is 101 Å². The summed E-state index contributed by atoms with van der Waals surface area (Å²) < 4.78 is 1.12. The first kappa shape index (κ1) is 11.9. The van der Waals surface area contributed by atoms with Crippen LogP contribution in [0.3, 0.4) is 0 Å².